The molecule has 0 fully saturated rings. The number of carbonyl (C=O) groups excluding carboxylic acids is 3. The fraction of sp³-hybridized carbons (Fsp3) is 0.400. The Kier molecular flexibility index (Phi) is 5.12. The van der Waals surface area contributed by atoms with Crippen LogP contribution in [0.2, 0.25) is 0 Å². The molecule has 3 aliphatic rings. The maximum atomic E-state index is 13.6. The molecular formula is C25H25NO6. The predicted molar refractivity (Wildman–Crippen MR) is 118 cm³/mol. The molecule has 0 heterocycles. The van der Waals surface area contributed by atoms with Crippen molar-refractivity contribution in [1.82, 2.24) is 0 Å². The summed E-state index contributed by atoms with van der Waals surface area (Å²) >= 11 is 0. The van der Waals surface area contributed by atoms with Crippen molar-refractivity contribution in [3.8, 4) is 17.6 Å². The van der Waals surface area contributed by atoms with Crippen LogP contribution in [0, 0.1) is 29.6 Å². The van der Waals surface area contributed by atoms with Crippen LogP contribution in [-0.4, -0.2) is 46.8 Å². The quantitative estimate of drug-likeness (QED) is 0.483. The average Bonchev–Trinajstić information content (AvgIpc) is 2.68. The summed E-state index contributed by atoms with van der Waals surface area (Å²) in [5.74, 6) is 1.15. The van der Waals surface area contributed by atoms with E-state index in [9.17, 15) is 29.7 Å². The second kappa shape index (κ2) is 7.56. The molecule has 3 atom stereocenters. The van der Waals surface area contributed by atoms with Crippen molar-refractivity contribution in [2.45, 2.75) is 33.1 Å². The number of fused-ring (bicyclic) bond motifs is 3. The van der Waals surface area contributed by atoms with Crippen LogP contribution in [0.4, 0.5) is 5.69 Å². The van der Waals surface area contributed by atoms with E-state index in [-0.39, 0.29) is 46.3 Å². The minimum atomic E-state index is -1.05. The van der Waals surface area contributed by atoms with Crippen molar-refractivity contribution in [2.24, 2.45) is 17.8 Å². The van der Waals surface area contributed by atoms with Gasteiger partial charge >= 0.3 is 0 Å². The van der Waals surface area contributed by atoms with Crippen LogP contribution in [0.15, 0.2) is 28.7 Å². The Morgan fingerprint density at radius 1 is 1.16 bits per heavy atom. The van der Waals surface area contributed by atoms with E-state index in [2.05, 4.69) is 11.8 Å². The van der Waals surface area contributed by atoms with Gasteiger partial charge in [0.1, 0.15) is 17.3 Å². The molecular weight excluding hydrogens is 410 g/mol. The maximum Gasteiger partial charge on any atom is 0.196 e. The van der Waals surface area contributed by atoms with Crippen molar-refractivity contribution in [3.05, 3.63) is 45.4 Å². The van der Waals surface area contributed by atoms with Gasteiger partial charge in [-0.3, -0.25) is 14.4 Å². The van der Waals surface area contributed by atoms with E-state index >= 15 is 0 Å². The maximum absolute atomic E-state index is 13.6. The Morgan fingerprint density at radius 2 is 1.84 bits per heavy atom. The molecule has 7 heteroatoms. The number of rotatable bonds is 2. The van der Waals surface area contributed by atoms with Crippen molar-refractivity contribution < 1.29 is 29.7 Å². The number of hydrogen-bond acceptors (Lipinski definition) is 7. The van der Waals surface area contributed by atoms with Crippen LogP contribution in [0.1, 0.15) is 48.2 Å². The first-order valence-electron chi connectivity index (χ1n) is 10.5. The highest BCUT2D eigenvalue weighted by atomic mass is 16.3. The smallest absolute Gasteiger partial charge is 0.196 e. The van der Waals surface area contributed by atoms with Crippen LogP contribution in [0.3, 0.4) is 0 Å². The van der Waals surface area contributed by atoms with E-state index < -0.39 is 29.2 Å². The summed E-state index contributed by atoms with van der Waals surface area (Å²) in [5, 5.41) is 32.2. The van der Waals surface area contributed by atoms with Crippen LogP contribution in [0.5, 0.6) is 5.75 Å². The first kappa shape index (κ1) is 21.7. The zero-order valence-electron chi connectivity index (χ0n) is 18.4. The van der Waals surface area contributed by atoms with Crippen molar-refractivity contribution in [1.29, 1.82) is 0 Å². The fourth-order valence-electron chi connectivity index (χ4n) is 5.43. The van der Waals surface area contributed by atoms with Crippen LogP contribution >= 0.6 is 0 Å². The average molecular weight is 435 g/mol. The number of benzene rings is 1. The van der Waals surface area contributed by atoms with Crippen LogP contribution < -0.4 is 4.90 Å². The Balaban J connectivity index is 1.91. The SMILES string of the molecule is CC#Cc1cc(N(C)C)c2c(c1O)C(=O)C1=C(O)C3C(=O)C(C(C)=O)=C(O)CC3CC1C2. The van der Waals surface area contributed by atoms with Gasteiger partial charge in [-0.2, -0.15) is 0 Å². The first-order chi connectivity index (χ1) is 15.1. The summed E-state index contributed by atoms with van der Waals surface area (Å²) in [4.78, 5) is 40.3. The van der Waals surface area contributed by atoms with E-state index in [0.717, 1.165) is 5.69 Å². The second-order valence-corrected chi connectivity index (χ2v) is 8.86. The molecule has 1 aromatic carbocycles. The number of carbonyl (C=O) groups is 3. The van der Waals surface area contributed by atoms with E-state index in [0.29, 0.717) is 24.0 Å². The lowest BCUT2D eigenvalue weighted by Crippen LogP contribution is -2.42. The molecule has 0 aromatic heterocycles. The molecule has 0 bridgehead atoms. The zero-order chi connectivity index (χ0) is 23.5. The van der Waals surface area contributed by atoms with Crippen LogP contribution in [0.25, 0.3) is 0 Å². The van der Waals surface area contributed by atoms with Gasteiger partial charge in [0.15, 0.2) is 17.3 Å². The van der Waals surface area contributed by atoms with Gasteiger partial charge in [-0.05, 0) is 50.2 Å². The van der Waals surface area contributed by atoms with Crippen molar-refractivity contribution >= 4 is 23.0 Å². The number of phenols is 1. The lowest BCUT2D eigenvalue weighted by molar-refractivity contribution is -0.125. The van der Waals surface area contributed by atoms with Gasteiger partial charge in [-0.25, -0.2) is 0 Å². The number of nitrogens with zero attached hydrogens (tertiary/aromatic N) is 1. The summed E-state index contributed by atoms with van der Waals surface area (Å²) in [6.07, 6.45) is 0.889. The summed E-state index contributed by atoms with van der Waals surface area (Å²) in [6, 6.07) is 1.75. The van der Waals surface area contributed by atoms with Gasteiger partial charge in [-0.15, -0.1) is 5.92 Å². The lowest BCUT2D eigenvalue weighted by Gasteiger charge is -2.41. The van der Waals surface area contributed by atoms with Gasteiger partial charge in [0.05, 0.1) is 22.6 Å². The third-order valence-electron chi connectivity index (χ3n) is 6.71. The molecule has 4 rings (SSSR count). The molecule has 0 aliphatic heterocycles. The predicted octanol–water partition coefficient (Wildman–Crippen LogP) is 3.01. The molecule has 3 N–H and O–H groups in total. The highest BCUT2D eigenvalue weighted by molar-refractivity contribution is 6.22. The van der Waals surface area contributed by atoms with E-state index in [1.165, 1.54) is 6.92 Å². The first-order valence-corrected chi connectivity index (χ1v) is 10.5. The zero-order valence-corrected chi connectivity index (χ0v) is 18.4. The van der Waals surface area contributed by atoms with Gasteiger partial charge in [-0.1, -0.05) is 5.92 Å². The van der Waals surface area contributed by atoms with Gasteiger partial charge < -0.3 is 20.2 Å². The number of ketones is 3. The molecule has 1 aromatic rings. The Bertz CT molecular complexity index is 1210. The molecule has 0 radical (unpaired) electrons. The number of aromatic hydroxyl groups is 1. The lowest BCUT2D eigenvalue weighted by atomic mass is 9.62. The van der Waals surface area contributed by atoms with Gasteiger partial charge in [0.25, 0.3) is 0 Å². The molecule has 7 nitrogen and oxygen atoms in total. The molecule has 0 amide bonds. The van der Waals surface area contributed by atoms with E-state index in [1.807, 2.05) is 19.0 Å². The van der Waals surface area contributed by atoms with E-state index in [1.54, 1.807) is 13.0 Å². The number of aliphatic hydroxyl groups excluding tert-OH is 2. The Hall–Kier alpha value is -3.53. The van der Waals surface area contributed by atoms with Crippen molar-refractivity contribution in [2.75, 3.05) is 19.0 Å². The van der Waals surface area contributed by atoms with Crippen molar-refractivity contribution in [3.63, 3.8) is 0 Å². The summed E-state index contributed by atoms with van der Waals surface area (Å²) < 4.78 is 0. The fourth-order valence-corrected chi connectivity index (χ4v) is 5.43. The number of hydrogen-bond donors (Lipinski definition) is 3. The third kappa shape index (κ3) is 3.01. The van der Waals surface area contributed by atoms with Gasteiger partial charge in [0, 0.05) is 31.8 Å². The molecule has 3 unspecified atom stereocenters. The molecule has 3 aliphatic carbocycles. The summed E-state index contributed by atoms with van der Waals surface area (Å²) in [7, 11) is 3.68. The number of allylic oxidation sites excluding steroid dienone is 4. The van der Waals surface area contributed by atoms with E-state index in [4.69, 9.17) is 0 Å². The minimum absolute atomic E-state index is 0.0943. The number of Topliss-reactive ketones (excluding diaryl/α,β-unsaturated/α-hetero) is 3. The second-order valence-electron chi connectivity index (χ2n) is 8.86. The monoisotopic (exact) mass is 435 g/mol. The normalized spacial score (nSPS) is 24.3. The standard InChI is InChI=1S/C25H25NO6/c1-5-6-12-9-16(26(3)4)15-8-13-7-14-10-17(28)18(11(2)27)23(30)20(14)24(31)19(13)25(32)21(15)22(12)29/h9,13-14,20,28-29,31H,7-8,10H2,1-4H3. The molecule has 166 valence electrons. The summed E-state index contributed by atoms with van der Waals surface area (Å²) in [6.45, 7) is 2.82. The third-order valence-corrected chi connectivity index (χ3v) is 6.71. The largest absolute Gasteiger partial charge is 0.511 e. The number of aliphatic hydroxyl groups is 2. The van der Waals surface area contributed by atoms with Crippen LogP contribution in [-0.2, 0) is 16.0 Å². The molecule has 32 heavy (non-hydrogen) atoms. The number of phenolic OH excluding ortho intramolecular Hbond substituents is 1. The summed E-state index contributed by atoms with van der Waals surface area (Å²) in [5.41, 5.74) is 1.64. The molecule has 0 spiro atoms. The topological polar surface area (TPSA) is 115 Å². The minimum Gasteiger partial charge on any atom is -0.511 e. The highest BCUT2D eigenvalue weighted by Gasteiger charge is 2.50. The Morgan fingerprint density at radius 3 is 2.44 bits per heavy atom. The molecule has 0 saturated carbocycles. The molecule has 0 saturated heterocycles. The highest BCUT2D eigenvalue weighted by Crippen LogP contribution is 2.51. The van der Waals surface area contributed by atoms with Gasteiger partial charge in [0.2, 0.25) is 0 Å². The number of anilines is 1. The Labute approximate surface area is 186 Å².